The summed E-state index contributed by atoms with van der Waals surface area (Å²) in [4.78, 5) is 13.9. The first-order valence-electron chi connectivity index (χ1n) is 7.58. The van der Waals surface area contributed by atoms with Gasteiger partial charge in [0.15, 0.2) is 0 Å². The van der Waals surface area contributed by atoms with Crippen LogP contribution in [0.15, 0.2) is 59.8 Å². The zero-order chi connectivity index (χ0) is 18.4. The summed E-state index contributed by atoms with van der Waals surface area (Å²) < 4.78 is 14.8. The molecule has 0 radical (unpaired) electrons. The Morgan fingerprint density at radius 1 is 1.23 bits per heavy atom. The number of halogens is 1. The van der Waals surface area contributed by atoms with Crippen LogP contribution in [0.5, 0.6) is 0 Å². The highest BCUT2D eigenvalue weighted by Gasteiger charge is 2.18. The molecule has 130 valence electrons. The third kappa shape index (κ3) is 4.04. The standard InChI is InChI=1S/C17H13FN6OS/c18-13-5-4-8-15(11-13)24-17(20-21-22-24)26-12-16(25)23(10-9-19)14-6-2-1-3-7-14/h1-8,11H,10,12H2. The SMILES string of the molecule is N#CCN(C(=O)CSc1nnnn1-c1cccc(F)c1)c1ccccc1. The number of amides is 1. The van der Waals surface area contributed by atoms with Gasteiger partial charge in [-0.05, 0) is 40.8 Å². The fourth-order valence-electron chi connectivity index (χ4n) is 2.25. The smallest absolute Gasteiger partial charge is 0.238 e. The zero-order valence-electron chi connectivity index (χ0n) is 13.5. The first-order chi connectivity index (χ1) is 12.7. The molecule has 1 amide bonds. The van der Waals surface area contributed by atoms with Crippen LogP contribution in [-0.4, -0.2) is 38.4 Å². The van der Waals surface area contributed by atoms with Crippen molar-refractivity contribution in [3.8, 4) is 11.8 Å². The Kier molecular flexibility index (Phi) is 5.56. The van der Waals surface area contributed by atoms with Crippen molar-refractivity contribution in [2.24, 2.45) is 0 Å². The number of hydrogen-bond acceptors (Lipinski definition) is 6. The number of carbonyl (C=O) groups excluding carboxylic acids is 1. The van der Waals surface area contributed by atoms with Gasteiger partial charge in [-0.25, -0.2) is 4.39 Å². The highest BCUT2D eigenvalue weighted by molar-refractivity contribution is 7.99. The number of hydrogen-bond donors (Lipinski definition) is 0. The second kappa shape index (κ2) is 8.22. The molecule has 2 aromatic carbocycles. The van der Waals surface area contributed by atoms with Crippen molar-refractivity contribution < 1.29 is 9.18 Å². The molecular weight excluding hydrogens is 355 g/mol. The van der Waals surface area contributed by atoms with Gasteiger partial charge in [0.25, 0.3) is 0 Å². The molecule has 0 spiro atoms. The Bertz CT molecular complexity index is 940. The Balaban J connectivity index is 1.74. The van der Waals surface area contributed by atoms with Crippen molar-refractivity contribution in [2.45, 2.75) is 5.16 Å². The number of rotatable bonds is 6. The van der Waals surface area contributed by atoms with Gasteiger partial charge in [-0.15, -0.1) is 5.10 Å². The Labute approximate surface area is 153 Å². The summed E-state index contributed by atoms with van der Waals surface area (Å²) in [5, 5.41) is 20.7. The third-order valence-electron chi connectivity index (χ3n) is 3.42. The van der Waals surface area contributed by atoms with E-state index in [0.29, 0.717) is 16.5 Å². The van der Waals surface area contributed by atoms with E-state index >= 15 is 0 Å². The molecule has 0 saturated carbocycles. The van der Waals surface area contributed by atoms with Crippen molar-refractivity contribution in [1.82, 2.24) is 20.2 Å². The molecule has 0 aliphatic rings. The molecule has 7 nitrogen and oxygen atoms in total. The summed E-state index contributed by atoms with van der Waals surface area (Å²) in [7, 11) is 0. The molecule has 0 N–H and O–H groups in total. The quantitative estimate of drug-likeness (QED) is 0.491. The first kappa shape index (κ1) is 17.6. The normalized spacial score (nSPS) is 10.3. The minimum absolute atomic E-state index is 0.0340. The minimum Gasteiger partial charge on any atom is -0.298 e. The van der Waals surface area contributed by atoms with Crippen LogP contribution in [0.2, 0.25) is 0 Å². The predicted octanol–water partition coefficient (Wildman–Crippen LogP) is 2.45. The number of benzene rings is 2. The van der Waals surface area contributed by atoms with Gasteiger partial charge >= 0.3 is 0 Å². The molecule has 26 heavy (non-hydrogen) atoms. The van der Waals surface area contributed by atoms with Gasteiger partial charge in [-0.1, -0.05) is 36.0 Å². The topological polar surface area (TPSA) is 87.7 Å². The summed E-state index contributed by atoms with van der Waals surface area (Å²) in [6, 6.07) is 16.8. The van der Waals surface area contributed by atoms with Gasteiger partial charge in [-0.3, -0.25) is 9.69 Å². The monoisotopic (exact) mass is 368 g/mol. The van der Waals surface area contributed by atoms with E-state index < -0.39 is 5.82 Å². The van der Waals surface area contributed by atoms with Gasteiger partial charge in [0, 0.05) is 5.69 Å². The van der Waals surface area contributed by atoms with Crippen LogP contribution in [0.3, 0.4) is 0 Å². The van der Waals surface area contributed by atoms with E-state index in [1.807, 2.05) is 12.1 Å². The summed E-state index contributed by atoms with van der Waals surface area (Å²) >= 11 is 1.12. The van der Waals surface area contributed by atoms with Crippen LogP contribution >= 0.6 is 11.8 Å². The predicted molar refractivity (Wildman–Crippen MR) is 94.2 cm³/mol. The van der Waals surface area contributed by atoms with Crippen LogP contribution in [0.1, 0.15) is 0 Å². The van der Waals surface area contributed by atoms with Crippen molar-refractivity contribution in [1.29, 1.82) is 5.26 Å². The maximum Gasteiger partial charge on any atom is 0.238 e. The highest BCUT2D eigenvalue weighted by atomic mass is 32.2. The maximum absolute atomic E-state index is 13.4. The van der Waals surface area contributed by atoms with E-state index in [2.05, 4.69) is 15.5 Å². The van der Waals surface area contributed by atoms with Crippen molar-refractivity contribution in [3.05, 3.63) is 60.4 Å². The van der Waals surface area contributed by atoms with Crippen LogP contribution in [0, 0.1) is 17.1 Å². The molecule has 0 unspecified atom stereocenters. The summed E-state index contributed by atoms with van der Waals surface area (Å²) in [6.07, 6.45) is 0. The lowest BCUT2D eigenvalue weighted by Crippen LogP contribution is -2.32. The third-order valence-corrected chi connectivity index (χ3v) is 4.32. The second-order valence-corrected chi connectivity index (χ2v) is 6.06. The lowest BCUT2D eigenvalue weighted by molar-refractivity contribution is -0.116. The van der Waals surface area contributed by atoms with E-state index in [1.165, 1.54) is 21.7 Å². The molecular formula is C17H13FN6OS. The fourth-order valence-corrected chi connectivity index (χ4v) is 3.01. The Morgan fingerprint density at radius 2 is 2.04 bits per heavy atom. The van der Waals surface area contributed by atoms with Gasteiger partial charge in [-0.2, -0.15) is 9.94 Å². The van der Waals surface area contributed by atoms with Gasteiger partial charge < -0.3 is 0 Å². The summed E-state index contributed by atoms with van der Waals surface area (Å²) in [6.45, 7) is -0.0573. The first-order valence-corrected chi connectivity index (χ1v) is 8.57. The van der Waals surface area contributed by atoms with E-state index in [9.17, 15) is 9.18 Å². The Morgan fingerprint density at radius 3 is 2.77 bits per heavy atom. The van der Waals surface area contributed by atoms with Crippen molar-refractivity contribution >= 4 is 23.4 Å². The van der Waals surface area contributed by atoms with E-state index in [4.69, 9.17) is 5.26 Å². The van der Waals surface area contributed by atoms with Crippen LogP contribution < -0.4 is 4.90 Å². The van der Waals surface area contributed by atoms with Gasteiger partial charge in [0.05, 0.1) is 17.5 Å². The number of nitriles is 1. The fraction of sp³-hybridized carbons (Fsp3) is 0.118. The van der Waals surface area contributed by atoms with Crippen LogP contribution in [0.4, 0.5) is 10.1 Å². The van der Waals surface area contributed by atoms with E-state index in [0.717, 1.165) is 11.8 Å². The number of nitrogens with zero attached hydrogens (tertiary/aromatic N) is 6. The molecule has 0 aliphatic heterocycles. The van der Waals surface area contributed by atoms with Crippen LogP contribution in [0.25, 0.3) is 5.69 Å². The molecule has 0 fully saturated rings. The molecule has 3 rings (SSSR count). The highest BCUT2D eigenvalue weighted by Crippen LogP contribution is 2.21. The van der Waals surface area contributed by atoms with Crippen molar-refractivity contribution in [2.75, 3.05) is 17.2 Å². The lowest BCUT2D eigenvalue weighted by Gasteiger charge is -2.19. The number of tetrazole rings is 1. The number of carbonyl (C=O) groups is 1. The number of anilines is 1. The molecule has 0 aliphatic carbocycles. The van der Waals surface area contributed by atoms with E-state index in [-0.39, 0.29) is 18.2 Å². The average Bonchev–Trinajstić information content (AvgIpc) is 3.13. The largest absolute Gasteiger partial charge is 0.298 e. The maximum atomic E-state index is 13.4. The van der Waals surface area contributed by atoms with Crippen LogP contribution in [-0.2, 0) is 4.79 Å². The average molecular weight is 368 g/mol. The molecule has 0 bridgehead atoms. The number of thioether (sulfide) groups is 1. The molecule has 1 aromatic heterocycles. The molecule has 1 heterocycles. The summed E-state index contributed by atoms with van der Waals surface area (Å²) in [5.41, 5.74) is 1.10. The van der Waals surface area contributed by atoms with Gasteiger partial charge in [0.2, 0.25) is 11.1 Å². The van der Waals surface area contributed by atoms with Crippen molar-refractivity contribution in [3.63, 3.8) is 0 Å². The molecule has 0 atom stereocenters. The number of aromatic nitrogens is 4. The molecule has 0 saturated heterocycles. The van der Waals surface area contributed by atoms with E-state index in [1.54, 1.807) is 36.4 Å². The second-order valence-electron chi connectivity index (χ2n) is 5.12. The number of para-hydroxylation sites is 1. The zero-order valence-corrected chi connectivity index (χ0v) is 14.3. The van der Waals surface area contributed by atoms with Gasteiger partial charge in [0.1, 0.15) is 12.4 Å². The minimum atomic E-state index is -0.408. The Hall–Kier alpha value is -3.25. The molecule has 3 aromatic rings. The summed E-state index contributed by atoms with van der Waals surface area (Å²) in [5.74, 6) is -0.627. The lowest BCUT2D eigenvalue weighted by atomic mass is 10.3. The molecule has 9 heteroatoms.